The van der Waals surface area contributed by atoms with Crippen molar-refractivity contribution in [2.24, 2.45) is 5.92 Å². The van der Waals surface area contributed by atoms with E-state index in [9.17, 15) is 13.2 Å². The molecule has 1 aromatic rings. The van der Waals surface area contributed by atoms with Crippen molar-refractivity contribution in [2.45, 2.75) is 38.1 Å². The number of hydrogen-bond acceptors (Lipinski definition) is 4. The van der Waals surface area contributed by atoms with Crippen LogP contribution in [0.2, 0.25) is 0 Å². The van der Waals surface area contributed by atoms with E-state index in [1.807, 2.05) is 13.8 Å². The van der Waals surface area contributed by atoms with Gasteiger partial charge in [0.25, 0.3) is 0 Å². The van der Waals surface area contributed by atoms with E-state index < -0.39 is 16.0 Å². The highest BCUT2D eigenvalue weighted by atomic mass is 79.9. The van der Waals surface area contributed by atoms with Gasteiger partial charge in [0.05, 0.1) is 3.79 Å². The molecule has 0 saturated carbocycles. The third kappa shape index (κ3) is 4.01. The Bertz CT molecular complexity index is 567. The van der Waals surface area contributed by atoms with Gasteiger partial charge in [-0.1, -0.05) is 20.3 Å². The summed E-state index contributed by atoms with van der Waals surface area (Å²) in [4.78, 5) is 10.8. The molecule has 108 valence electrons. The molecule has 0 aliphatic carbocycles. The first-order chi connectivity index (χ1) is 8.69. The molecular weight excluding hydrogens is 354 g/mol. The van der Waals surface area contributed by atoms with Crippen LogP contribution in [0, 0.1) is 5.92 Å². The second-order valence-corrected chi connectivity index (χ2v) is 8.40. The lowest BCUT2D eigenvalue weighted by Gasteiger charge is -2.19. The second kappa shape index (κ2) is 6.34. The SMILES string of the molecule is CCC(C)C(C)NS(=O)(=O)c1cc(C(=O)O)sc1Br. The molecule has 0 fully saturated rings. The number of carboxylic acids is 1. The predicted molar refractivity (Wildman–Crippen MR) is 78.2 cm³/mol. The zero-order chi connectivity index (χ0) is 14.8. The van der Waals surface area contributed by atoms with Crippen LogP contribution in [0.4, 0.5) is 0 Å². The van der Waals surface area contributed by atoms with Crippen molar-refractivity contribution >= 4 is 43.3 Å². The van der Waals surface area contributed by atoms with Gasteiger partial charge in [0.1, 0.15) is 9.77 Å². The van der Waals surface area contributed by atoms with E-state index in [1.165, 1.54) is 6.07 Å². The van der Waals surface area contributed by atoms with Crippen LogP contribution in [0.5, 0.6) is 0 Å². The molecule has 19 heavy (non-hydrogen) atoms. The molecule has 0 saturated heterocycles. The van der Waals surface area contributed by atoms with Crippen LogP contribution in [0.15, 0.2) is 14.7 Å². The fraction of sp³-hybridized carbons (Fsp3) is 0.545. The van der Waals surface area contributed by atoms with Gasteiger partial charge in [-0.15, -0.1) is 11.3 Å². The third-order valence-corrected chi connectivity index (χ3v) is 6.79. The topological polar surface area (TPSA) is 83.5 Å². The summed E-state index contributed by atoms with van der Waals surface area (Å²) in [5.41, 5.74) is 0. The molecule has 2 atom stereocenters. The quantitative estimate of drug-likeness (QED) is 0.807. The standard InChI is InChI=1S/C11H16BrNO4S2/c1-4-6(2)7(3)13-19(16,17)9-5-8(11(14)15)18-10(9)12/h5-7,13H,4H2,1-3H3,(H,14,15). The van der Waals surface area contributed by atoms with Gasteiger partial charge < -0.3 is 5.11 Å². The van der Waals surface area contributed by atoms with Gasteiger partial charge >= 0.3 is 5.97 Å². The summed E-state index contributed by atoms with van der Waals surface area (Å²) in [5.74, 6) is -0.937. The maximum atomic E-state index is 12.2. The molecule has 0 bridgehead atoms. The van der Waals surface area contributed by atoms with Crippen LogP contribution in [-0.2, 0) is 10.0 Å². The summed E-state index contributed by atoms with van der Waals surface area (Å²) in [6.07, 6.45) is 0.856. The van der Waals surface area contributed by atoms with Crippen molar-refractivity contribution < 1.29 is 18.3 Å². The average molecular weight is 370 g/mol. The highest BCUT2D eigenvalue weighted by molar-refractivity contribution is 9.11. The molecule has 0 radical (unpaired) electrons. The number of sulfonamides is 1. The Balaban J connectivity index is 3.04. The molecule has 8 heteroatoms. The van der Waals surface area contributed by atoms with Gasteiger partial charge in [-0.3, -0.25) is 0 Å². The fourth-order valence-electron chi connectivity index (χ4n) is 1.42. The predicted octanol–water partition coefficient (Wildman–Crippen LogP) is 2.92. The first-order valence-corrected chi connectivity index (χ1v) is 8.83. The summed E-state index contributed by atoms with van der Waals surface area (Å²) >= 11 is 3.99. The molecule has 2 N–H and O–H groups in total. The summed E-state index contributed by atoms with van der Waals surface area (Å²) in [7, 11) is -3.71. The third-order valence-electron chi connectivity index (χ3n) is 2.99. The van der Waals surface area contributed by atoms with E-state index in [4.69, 9.17) is 5.11 Å². The highest BCUT2D eigenvalue weighted by Crippen LogP contribution is 2.32. The van der Waals surface area contributed by atoms with Crippen molar-refractivity contribution in [2.75, 3.05) is 0 Å². The Morgan fingerprint density at radius 1 is 1.53 bits per heavy atom. The number of nitrogens with one attached hydrogen (secondary N) is 1. The first kappa shape index (κ1) is 16.6. The molecule has 0 aromatic carbocycles. The van der Waals surface area contributed by atoms with E-state index in [-0.39, 0.29) is 21.7 Å². The average Bonchev–Trinajstić information content (AvgIpc) is 2.70. The minimum atomic E-state index is -3.71. The summed E-state index contributed by atoms with van der Waals surface area (Å²) in [6, 6.07) is 0.957. The lowest BCUT2D eigenvalue weighted by Crippen LogP contribution is -2.36. The zero-order valence-corrected chi connectivity index (χ0v) is 14.0. The van der Waals surface area contributed by atoms with Crippen LogP contribution >= 0.6 is 27.3 Å². The van der Waals surface area contributed by atoms with Crippen LogP contribution < -0.4 is 4.72 Å². The molecule has 0 amide bonds. The molecule has 2 unspecified atom stereocenters. The van der Waals surface area contributed by atoms with Crippen LogP contribution in [0.3, 0.4) is 0 Å². The lowest BCUT2D eigenvalue weighted by molar-refractivity contribution is 0.0702. The number of halogens is 1. The minimum absolute atomic E-state index is 0.0107. The molecule has 0 spiro atoms. The monoisotopic (exact) mass is 369 g/mol. The molecule has 0 aliphatic rings. The van der Waals surface area contributed by atoms with Crippen LogP contribution in [0.1, 0.15) is 36.9 Å². The van der Waals surface area contributed by atoms with Gasteiger partial charge in [-0.05, 0) is 34.8 Å². The maximum Gasteiger partial charge on any atom is 0.345 e. The number of aromatic carboxylic acids is 1. The Labute approximate surface area is 125 Å². The zero-order valence-electron chi connectivity index (χ0n) is 10.8. The lowest BCUT2D eigenvalue weighted by atomic mass is 10.0. The number of thiophene rings is 1. The van der Waals surface area contributed by atoms with Crippen LogP contribution in [0.25, 0.3) is 0 Å². The van der Waals surface area contributed by atoms with Gasteiger partial charge in [0.15, 0.2) is 0 Å². The Morgan fingerprint density at radius 2 is 2.11 bits per heavy atom. The first-order valence-electron chi connectivity index (χ1n) is 5.74. The number of rotatable bonds is 6. The normalized spacial score (nSPS) is 15.2. The van der Waals surface area contributed by atoms with Crippen LogP contribution in [-0.4, -0.2) is 25.5 Å². The molecule has 1 aromatic heterocycles. The van der Waals surface area contributed by atoms with Crippen molar-refractivity contribution in [3.8, 4) is 0 Å². The number of carboxylic acid groups (broad SMARTS) is 1. The molecule has 0 aliphatic heterocycles. The number of carbonyl (C=O) groups is 1. The van der Waals surface area contributed by atoms with Gasteiger partial charge in [0, 0.05) is 6.04 Å². The highest BCUT2D eigenvalue weighted by Gasteiger charge is 2.25. The second-order valence-electron chi connectivity index (χ2n) is 4.35. The van der Waals surface area contributed by atoms with Gasteiger partial charge in [0.2, 0.25) is 10.0 Å². The molecule has 1 rings (SSSR count). The Kier molecular flexibility index (Phi) is 5.54. The van der Waals surface area contributed by atoms with E-state index >= 15 is 0 Å². The van der Waals surface area contributed by atoms with E-state index in [2.05, 4.69) is 20.7 Å². The summed E-state index contributed by atoms with van der Waals surface area (Å²) in [5, 5.41) is 8.87. The Hall–Kier alpha value is -0.440. The molecule has 1 heterocycles. The summed E-state index contributed by atoms with van der Waals surface area (Å²) < 4.78 is 27.3. The Morgan fingerprint density at radius 3 is 2.53 bits per heavy atom. The largest absolute Gasteiger partial charge is 0.477 e. The van der Waals surface area contributed by atoms with E-state index in [0.717, 1.165) is 17.8 Å². The van der Waals surface area contributed by atoms with E-state index in [0.29, 0.717) is 3.79 Å². The number of hydrogen-bond donors (Lipinski definition) is 2. The molecule has 5 nitrogen and oxygen atoms in total. The van der Waals surface area contributed by atoms with Gasteiger partial charge in [-0.2, -0.15) is 0 Å². The van der Waals surface area contributed by atoms with Crippen molar-refractivity contribution in [3.05, 3.63) is 14.7 Å². The fourth-order valence-corrected chi connectivity index (χ4v) is 5.17. The van der Waals surface area contributed by atoms with Crippen molar-refractivity contribution in [3.63, 3.8) is 0 Å². The van der Waals surface area contributed by atoms with Gasteiger partial charge in [-0.25, -0.2) is 17.9 Å². The summed E-state index contributed by atoms with van der Waals surface area (Å²) in [6.45, 7) is 5.74. The van der Waals surface area contributed by atoms with Crippen molar-refractivity contribution in [1.82, 2.24) is 4.72 Å². The van der Waals surface area contributed by atoms with E-state index in [1.54, 1.807) is 6.92 Å². The maximum absolute atomic E-state index is 12.2. The van der Waals surface area contributed by atoms with Crippen molar-refractivity contribution in [1.29, 1.82) is 0 Å². The minimum Gasteiger partial charge on any atom is -0.477 e. The smallest absolute Gasteiger partial charge is 0.345 e. The molecular formula is C11H16BrNO4S2.